The lowest BCUT2D eigenvalue weighted by Crippen LogP contribution is -2.54. The molecule has 0 radical (unpaired) electrons. The van der Waals surface area contributed by atoms with E-state index < -0.39 is 12.0 Å². The van der Waals surface area contributed by atoms with Gasteiger partial charge in [-0.25, -0.2) is 9.59 Å². The van der Waals surface area contributed by atoms with Gasteiger partial charge in [-0.05, 0) is 0 Å². The molecule has 1 fully saturated rings. The van der Waals surface area contributed by atoms with Crippen LogP contribution in [0.4, 0.5) is 4.79 Å². The van der Waals surface area contributed by atoms with Crippen LogP contribution in [0.2, 0.25) is 0 Å². The van der Waals surface area contributed by atoms with Gasteiger partial charge in [0.05, 0.1) is 6.61 Å². The molecule has 1 aliphatic rings. The fourth-order valence-electron chi connectivity index (χ4n) is 1.50. The zero-order valence-electron chi connectivity index (χ0n) is 9.13. The number of aliphatic carboxylic acids is 1. The molecular formula is C9H16N2O4S. The summed E-state index contributed by atoms with van der Waals surface area (Å²) in [5.74, 6) is 0.203. The number of hydrogen-bond donors (Lipinski definition) is 2. The summed E-state index contributed by atoms with van der Waals surface area (Å²) in [5, 5.41) is 17.7. The number of carboxylic acids is 1. The fourth-order valence-corrected chi connectivity index (χ4v) is 2.54. The molecule has 1 heterocycles. The zero-order chi connectivity index (χ0) is 12.1. The first-order chi connectivity index (χ1) is 7.57. The van der Waals surface area contributed by atoms with Gasteiger partial charge in [0.15, 0.2) is 0 Å². The Morgan fingerprint density at radius 1 is 1.56 bits per heavy atom. The molecule has 0 aliphatic carbocycles. The van der Waals surface area contributed by atoms with Crippen molar-refractivity contribution < 1.29 is 19.8 Å². The maximum atomic E-state index is 11.9. The van der Waals surface area contributed by atoms with Crippen molar-refractivity contribution in [2.24, 2.45) is 0 Å². The summed E-state index contributed by atoms with van der Waals surface area (Å²) in [5.41, 5.74) is 0. The van der Waals surface area contributed by atoms with Gasteiger partial charge in [0.1, 0.15) is 6.04 Å². The van der Waals surface area contributed by atoms with Crippen LogP contribution in [0, 0.1) is 0 Å². The predicted molar refractivity (Wildman–Crippen MR) is 60.6 cm³/mol. The fraction of sp³-hybridized carbons (Fsp3) is 0.778. The zero-order valence-corrected chi connectivity index (χ0v) is 9.94. The molecule has 2 amide bonds. The molecule has 16 heavy (non-hydrogen) atoms. The third-order valence-electron chi connectivity index (χ3n) is 2.42. The van der Waals surface area contributed by atoms with Crippen LogP contribution in [0.25, 0.3) is 0 Å². The summed E-state index contributed by atoms with van der Waals surface area (Å²) in [6.07, 6.45) is 0. The summed E-state index contributed by atoms with van der Waals surface area (Å²) in [6, 6.07) is -1.09. The molecule has 0 saturated carbocycles. The van der Waals surface area contributed by atoms with Gasteiger partial charge in [0.2, 0.25) is 0 Å². The van der Waals surface area contributed by atoms with Crippen LogP contribution in [-0.2, 0) is 4.79 Å². The van der Waals surface area contributed by atoms with Crippen LogP contribution >= 0.6 is 11.8 Å². The lowest BCUT2D eigenvalue weighted by atomic mass is 10.3. The van der Waals surface area contributed by atoms with Crippen LogP contribution in [0.1, 0.15) is 0 Å². The van der Waals surface area contributed by atoms with Gasteiger partial charge in [0, 0.05) is 31.6 Å². The highest BCUT2D eigenvalue weighted by molar-refractivity contribution is 7.99. The van der Waals surface area contributed by atoms with Crippen LogP contribution in [0.15, 0.2) is 0 Å². The normalized spacial score (nSPS) is 20.6. The smallest absolute Gasteiger partial charge is 0.327 e. The Balaban J connectivity index is 2.67. The molecule has 1 aliphatic heterocycles. The van der Waals surface area contributed by atoms with E-state index in [0.29, 0.717) is 12.3 Å². The van der Waals surface area contributed by atoms with Crippen LogP contribution in [0.3, 0.4) is 0 Å². The van der Waals surface area contributed by atoms with Crippen LogP contribution in [0.5, 0.6) is 0 Å². The van der Waals surface area contributed by atoms with Crippen molar-refractivity contribution in [2.75, 3.05) is 38.2 Å². The average Bonchev–Trinajstić information content (AvgIpc) is 2.28. The van der Waals surface area contributed by atoms with E-state index in [9.17, 15) is 9.59 Å². The van der Waals surface area contributed by atoms with Crippen molar-refractivity contribution in [3.8, 4) is 0 Å². The first kappa shape index (κ1) is 13.1. The molecule has 0 spiro atoms. The number of hydrogen-bond acceptors (Lipinski definition) is 4. The second-order valence-electron chi connectivity index (χ2n) is 3.55. The number of likely N-dealkylation sites (N-methyl/N-ethyl adjacent to an activating group) is 1. The number of carbonyl (C=O) groups is 2. The molecule has 1 rings (SSSR count). The topological polar surface area (TPSA) is 81.1 Å². The van der Waals surface area contributed by atoms with E-state index in [1.807, 2.05) is 0 Å². The quantitative estimate of drug-likeness (QED) is 0.706. The minimum Gasteiger partial charge on any atom is -0.480 e. The highest BCUT2D eigenvalue weighted by Gasteiger charge is 2.33. The Hall–Kier alpha value is -0.950. The van der Waals surface area contributed by atoms with E-state index in [-0.39, 0.29) is 19.2 Å². The second kappa shape index (κ2) is 5.95. The Morgan fingerprint density at radius 3 is 2.81 bits per heavy atom. The highest BCUT2D eigenvalue weighted by atomic mass is 32.2. The number of aliphatic hydroxyl groups excluding tert-OH is 1. The Labute approximate surface area is 98.2 Å². The summed E-state index contributed by atoms with van der Waals surface area (Å²) in [7, 11) is 1.55. The number of carboxylic acid groups (broad SMARTS) is 1. The molecule has 0 aromatic heterocycles. The van der Waals surface area contributed by atoms with Gasteiger partial charge in [-0.1, -0.05) is 0 Å². The molecule has 7 heteroatoms. The number of aliphatic hydroxyl groups is 1. The maximum absolute atomic E-state index is 11.9. The Kier molecular flexibility index (Phi) is 4.88. The van der Waals surface area contributed by atoms with Gasteiger partial charge < -0.3 is 20.0 Å². The highest BCUT2D eigenvalue weighted by Crippen LogP contribution is 2.17. The lowest BCUT2D eigenvalue weighted by molar-refractivity contribution is -0.141. The first-order valence-corrected chi connectivity index (χ1v) is 6.16. The van der Waals surface area contributed by atoms with Gasteiger partial charge >= 0.3 is 12.0 Å². The summed E-state index contributed by atoms with van der Waals surface area (Å²) < 4.78 is 0. The third-order valence-corrected chi connectivity index (χ3v) is 3.44. The van der Waals surface area contributed by atoms with E-state index in [0.717, 1.165) is 5.75 Å². The van der Waals surface area contributed by atoms with Crippen molar-refractivity contribution in [3.05, 3.63) is 0 Å². The third kappa shape index (κ3) is 3.02. The molecule has 0 aromatic carbocycles. The Bertz CT molecular complexity index is 274. The first-order valence-electron chi connectivity index (χ1n) is 5.01. The minimum absolute atomic E-state index is 0.122. The molecule has 1 atom stereocenters. The SMILES string of the molecule is CN(CCO)C(=O)N1CCSCC1C(=O)O. The monoisotopic (exact) mass is 248 g/mol. The van der Waals surface area contributed by atoms with E-state index in [2.05, 4.69) is 0 Å². The second-order valence-corrected chi connectivity index (χ2v) is 4.70. The molecule has 92 valence electrons. The van der Waals surface area contributed by atoms with E-state index in [1.165, 1.54) is 21.6 Å². The minimum atomic E-state index is -0.974. The number of amides is 2. The number of carbonyl (C=O) groups excluding carboxylic acids is 1. The van der Waals surface area contributed by atoms with Crippen molar-refractivity contribution in [1.29, 1.82) is 0 Å². The summed E-state index contributed by atoms with van der Waals surface area (Å²) in [4.78, 5) is 25.5. The van der Waals surface area contributed by atoms with Gasteiger partial charge in [-0.2, -0.15) is 11.8 Å². The number of nitrogens with zero attached hydrogens (tertiary/aromatic N) is 2. The van der Waals surface area contributed by atoms with Crippen molar-refractivity contribution >= 4 is 23.8 Å². The van der Waals surface area contributed by atoms with Crippen molar-refractivity contribution in [1.82, 2.24) is 9.80 Å². The van der Waals surface area contributed by atoms with Crippen molar-refractivity contribution in [3.63, 3.8) is 0 Å². The van der Waals surface area contributed by atoms with E-state index in [4.69, 9.17) is 10.2 Å². The van der Waals surface area contributed by atoms with Crippen molar-refractivity contribution in [2.45, 2.75) is 6.04 Å². The van der Waals surface area contributed by atoms with Gasteiger partial charge in [0.25, 0.3) is 0 Å². The number of rotatable bonds is 3. The van der Waals surface area contributed by atoms with Gasteiger partial charge in [-0.3, -0.25) is 0 Å². The van der Waals surface area contributed by atoms with Crippen LogP contribution < -0.4 is 0 Å². The number of urea groups is 1. The summed E-state index contributed by atoms with van der Waals surface area (Å²) in [6.45, 7) is 0.535. The molecular weight excluding hydrogens is 232 g/mol. The van der Waals surface area contributed by atoms with Crippen LogP contribution in [-0.4, -0.2) is 76.3 Å². The largest absolute Gasteiger partial charge is 0.480 e. The molecule has 0 bridgehead atoms. The molecule has 2 N–H and O–H groups in total. The molecule has 1 saturated heterocycles. The predicted octanol–water partition coefficient (Wildman–Crippen LogP) is -0.468. The molecule has 1 unspecified atom stereocenters. The van der Waals surface area contributed by atoms with E-state index in [1.54, 1.807) is 7.05 Å². The molecule has 6 nitrogen and oxygen atoms in total. The maximum Gasteiger partial charge on any atom is 0.327 e. The van der Waals surface area contributed by atoms with Gasteiger partial charge in [-0.15, -0.1) is 0 Å². The average molecular weight is 248 g/mol. The Morgan fingerprint density at radius 2 is 2.25 bits per heavy atom. The number of thioether (sulfide) groups is 1. The summed E-state index contributed by atoms with van der Waals surface area (Å²) >= 11 is 1.53. The molecule has 0 aromatic rings. The standard InChI is InChI=1S/C9H16N2O4S/c1-10(2-4-12)9(15)11-3-5-16-6-7(11)8(13)14/h7,12H,2-6H2,1H3,(H,13,14). The van der Waals surface area contributed by atoms with E-state index >= 15 is 0 Å². The lowest BCUT2D eigenvalue weighted by Gasteiger charge is -2.35.